The molecular formula is C19H18F2N2O4. The number of methoxy groups -OCH3 is 1. The van der Waals surface area contributed by atoms with E-state index < -0.39 is 34.8 Å². The van der Waals surface area contributed by atoms with Crippen LogP contribution in [0.2, 0.25) is 0 Å². The second-order valence-corrected chi connectivity index (χ2v) is 6.20. The van der Waals surface area contributed by atoms with Gasteiger partial charge in [0.25, 0.3) is 0 Å². The van der Waals surface area contributed by atoms with Gasteiger partial charge in [-0.1, -0.05) is 12.1 Å². The number of carbonyl (C=O) groups is 3. The number of carbonyl (C=O) groups excluding carboxylic acids is 3. The molecule has 0 aliphatic heterocycles. The monoisotopic (exact) mass is 376 g/mol. The van der Waals surface area contributed by atoms with Gasteiger partial charge in [-0.05, 0) is 38.1 Å². The molecule has 0 aromatic heterocycles. The minimum atomic E-state index is -1.58. The molecule has 0 radical (unpaired) electrons. The lowest BCUT2D eigenvalue weighted by atomic mass is 9.90. The van der Waals surface area contributed by atoms with Crippen LogP contribution in [0.25, 0.3) is 0 Å². The van der Waals surface area contributed by atoms with E-state index in [1.54, 1.807) is 12.1 Å². The molecule has 6 nitrogen and oxygen atoms in total. The van der Waals surface area contributed by atoms with Gasteiger partial charge in [0.1, 0.15) is 5.41 Å². The summed E-state index contributed by atoms with van der Waals surface area (Å²) in [7, 11) is 1.21. The number of anilines is 2. The number of amides is 2. The van der Waals surface area contributed by atoms with Crippen molar-refractivity contribution >= 4 is 29.2 Å². The molecule has 0 saturated carbocycles. The fourth-order valence-electron chi connectivity index (χ4n) is 2.12. The molecule has 0 unspecified atom stereocenters. The molecule has 0 saturated heterocycles. The van der Waals surface area contributed by atoms with Gasteiger partial charge in [-0.15, -0.1) is 0 Å². The molecule has 0 bridgehead atoms. The summed E-state index contributed by atoms with van der Waals surface area (Å²) in [4.78, 5) is 36.8. The summed E-state index contributed by atoms with van der Waals surface area (Å²) >= 11 is 0. The Morgan fingerprint density at radius 2 is 1.56 bits per heavy atom. The summed E-state index contributed by atoms with van der Waals surface area (Å²) < 4.78 is 30.9. The minimum Gasteiger partial charge on any atom is -0.465 e. The van der Waals surface area contributed by atoms with Crippen LogP contribution in [0.3, 0.4) is 0 Å². The number of nitrogens with one attached hydrogen (secondary N) is 2. The third kappa shape index (κ3) is 4.46. The van der Waals surface area contributed by atoms with E-state index in [-0.39, 0.29) is 16.9 Å². The summed E-state index contributed by atoms with van der Waals surface area (Å²) in [5, 5.41) is 4.89. The summed E-state index contributed by atoms with van der Waals surface area (Å²) in [6.45, 7) is 2.72. The molecule has 2 aromatic carbocycles. The van der Waals surface area contributed by atoms with E-state index in [1.807, 2.05) is 0 Å². The Kier molecular flexibility index (Phi) is 5.89. The van der Waals surface area contributed by atoms with Crippen molar-refractivity contribution in [3.8, 4) is 0 Å². The van der Waals surface area contributed by atoms with Crippen molar-refractivity contribution in [1.29, 1.82) is 0 Å². The van der Waals surface area contributed by atoms with E-state index in [0.717, 1.165) is 12.1 Å². The number of benzene rings is 2. The number of esters is 1. The molecule has 27 heavy (non-hydrogen) atoms. The highest BCUT2D eigenvalue weighted by molar-refractivity contribution is 6.15. The van der Waals surface area contributed by atoms with Crippen LogP contribution in [-0.2, 0) is 14.3 Å². The normalized spacial score (nSPS) is 10.9. The molecule has 0 atom stereocenters. The summed E-state index contributed by atoms with van der Waals surface area (Å²) in [6.07, 6.45) is 0. The van der Waals surface area contributed by atoms with Crippen molar-refractivity contribution < 1.29 is 27.9 Å². The molecule has 2 N–H and O–H groups in total. The number of ether oxygens (including phenoxy) is 1. The van der Waals surface area contributed by atoms with Crippen molar-refractivity contribution in [2.24, 2.45) is 5.41 Å². The predicted octanol–water partition coefficient (Wildman–Crippen LogP) is 3.35. The van der Waals surface area contributed by atoms with Crippen molar-refractivity contribution in [3.63, 3.8) is 0 Å². The van der Waals surface area contributed by atoms with Crippen LogP contribution in [0.4, 0.5) is 20.2 Å². The number of halogens is 2. The van der Waals surface area contributed by atoms with Gasteiger partial charge in [0.15, 0.2) is 11.6 Å². The second kappa shape index (κ2) is 7.94. The molecule has 0 aliphatic carbocycles. The van der Waals surface area contributed by atoms with Gasteiger partial charge < -0.3 is 15.4 Å². The van der Waals surface area contributed by atoms with Crippen LogP contribution >= 0.6 is 0 Å². The average Bonchev–Trinajstić information content (AvgIpc) is 2.64. The Labute approximate surface area is 154 Å². The largest absolute Gasteiger partial charge is 0.465 e. The smallest absolute Gasteiger partial charge is 0.339 e. The van der Waals surface area contributed by atoms with Gasteiger partial charge in [0.2, 0.25) is 11.8 Å². The lowest BCUT2D eigenvalue weighted by Crippen LogP contribution is -2.41. The van der Waals surface area contributed by atoms with Crippen LogP contribution in [0, 0.1) is 17.0 Å². The van der Waals surface area contributed by atoms with Gasteiger partial charge in [-0.25, -0.2) is 13.6 Å². The van der Waals surface area contributed by atoms with Gasteiger partial charge in [-0.3, -0.25) is 9.59 Å². The highest BCUT2D eigenvalue weighted by atomic mass is 19.2. The zero-order valence-electron chi connectivity index (χ0n) is 14.9. The first-order chi connectivity index (χ1) is 12.7. The fraction of sp³-hybridized carbons (Fsp3) is 0.211. The highest BCUT2D eigenvalue weighted by Gasteiger charge is 2.36. The second-order valence-electron chi connectivity index (χ2n) is 6.20. The maximum absolute atomic E-state index is 13.3. The first-order valence-electron chi connectivity index (χ1n) is 7.92. The number of para-hydroxylation sites is 1. The van der Waals surface area contributed by atoms with E-state index >= 15 is 0 Å². The quantitative estimate of drug-likeness (QED) is 0.619. The average molecular weight is 376 g/mol. The Morgan fingerprint density at radius 1 is 0.926 bits per heavy atom. The van der Waals surface area contributed by atoms with Crippen molar-refractivity contribution in [3.05, 3.63) is 59.7 Å². The standard InChI is InChI=1S/C19H18F2N2O4/c1-19(2,17(25)22-11-8-9-13(20)14(21)10-11)18(26)23-15-7-5-4-6-12(15)16(24)27-3/h4-10H,1-3H3,(H,22,25)(H,23,26). The third-order valence-electron chi connectivity index (χ3n) is 3.89. The fourth-order valence-corrected chi connectivity index (χ4v) is 2.12. The van der Waals surface area contributed by atoms with Gasteiger partial charge in [-0.2, -0.15) is 0 Å². The highest BCUT2D eigenvalue weighted by Crippen LogP contribution is 2.24. The number of hydrogen-bond acceptors (Lipinski definition) is 4. The van der Waals surface area contributed by atoms with Crippen LogP contribution < -0.4 is 10.6 Å². The topological polar surface area (TPSA) is 84.5 Å². The summed E-state index contributed by atoms with van der Waals surface area (Å²) in [6, 6.07) is 9.03. The lowest BCUT2D eigenvalue weighted by molar-refractivity contribution is -0.135. The molecule has 142 valence electrons. The molecule has 2 aromatic rings. The Bertz CT molecular complexity index is 897. The molecule has 0 fully saturated rings. The first-order valence-corrected chi connectivity index (χ1v) is 7.92. The zero-order valence-corrected chi connectivity index (χ0v) is 14.9. The third-order valence-corrected chi connectivity index (χ3v) is 3.89. The lowest BCUT2D eigenvalue weighted by Gasteiger charge is -2.23. The minimum absolute atomic E-state index is 0.00901. The van der Waals surface area contributed by atoms with Crippen molar-refractivity contribution in [1.82, 2.24) is 0 Å². The first kappa shape index (κ1) is 20.0. The van der Waals surface area contributed by atoms with E-state index in [2.05, 4.69) is 15.4 Å². The molecule has 0 heterocycles. The van der Waals surface area contributed by atoms with Crippen molar-refractivity contribution in [2.75, 3.05) is 17.7 Å². The SMILES string of the molecule is COC(=O)c1ccccc1NC(=O)C(C)(C)C(=O)Nc1ccc(F)c(F)c1. The molecular weight excluding hydrogens is 358 g/mol. The molecule has 2 rings (SSSR count). The zero-order chi connectivity index (χ0) is 20.2. The summed E-state index contributed by atoms with van der Waals surface area (Å²) in [5.41, 5.74) is -1.25. The van der Waals surface area contributed by atoms with Gasteiger partial charge in [0, 0.05) is 11.8 Å². The van der Waals surface area contributed by atoms with Crippen molar-refractivity contribution in [2.45, 2.75) is 13.8 Å². The van der Waals surface area contributed by atoms with E-state index in [4.69, 9.17) is 0 Å². The van der Waals surface area contributed by atoms with E-state index in [1.165, 1.54) is 39.2 Å². The maximum atomic E-state index is 13.3. The number of rotatable bonds is 5. The summed E-state index contributed by atoms with van der Waals surface area (Å²) in [5.74, 6) is -4.25. The van der Waals surface area contributed by atoms with E-state index in [9.17, 15) is 23.2 Å². The Morgan fingerprint density at radius 3 is 2.19 bits per heavy atom. The van der Waals surface area contributed by atoms with E-state index in [0.29, 0.717) is 0 Å². The molecule has 0 aliphatic rings. The van der Waals surface area contributed by atoms with Gasteiger partial charge >= 0.3 is 5.97 Å². The molecule has 8 heteroatoms. The molecule has 0 spiro atoms. The predicted molar refractivity (Wildman–Crippen MR) is 95.2 cm³/mol. The van der Waals surface area contributed by atoms with Crippen LogP contribution in [0.15, 0.2) is 42.5 Å². The Balaban J connectivity index is 2.18. The van der Waals surface area contributed by atoms with Crippen LogP contribution in [0.1, 0.15) is 24.2 Å². The van der Waals surface area contributed by atoms with Gasteiger partial charge in [0.05, 0.1) is 18.4 Å². The van der Waals surface area contributed by atoms with Crippen LogP contribution in [-0.4, -0.2) is 24.9 Å². The number of hydrogen-bond donors (Lipinski definition) is 2. The maximum Gasteiger partial charge on any atom is 0.339 e. The Hall–Kier alpha value is -3.29. The molecule has 2 amide bonds. The van der Waals surface area contributed by atoms with Crippen LogP contribution in [0.5, 0.6) is 0 Å².